The van der Waals surface area contributed by atoms with Crippen molar-refractivity contribution in [3.8, 4) is 0 Å². The number of carbonyl (C=O) groups excluding carboxylic acids is 2. The molecule has 0 N–H and O–H groups in total. The first-order chi connectivity index (χ1) is 18.5. The molecular formula is C28H23N2O6PS. The third-order valence-corrected chi connectivity index (χ3v) is 8.38. The second-order valence-corrected chi connectivity index (χ2v) is 11.0. The van der Waals surface area contributed by atoms with Crippen molar-refractivity contribution < 1.29 is 27.9 Å². The highest BCUT2D eigenvalue weighted by atomic mass is 32.1. The van der Waals surface area contributed by atoms with Crippen LogP contribution in [0.25, 0.3) is 10.9 Å². The number of aromatic nitrogens is 2. The lowest BCUT2D eigenvalue weighted by Crippen LogP contribution is -2.06. The van der Waals surface area contributed by atoms with Crippen molar-refractivity contribution >= 4 is 41.7 Å². The molecule has 0 atom stereocenters. The minimum atomic E-state index is -4.00. The maximum atomic E-state index is 14.4. The fourth-order valence-corrected chi connectivity index (χ4v) is 6.24. The molecule has 0 bridgehead atoms. The Hall–Kier alpha value is -3.88. The Kier molecular flexibility index (Phi) is 7.62. The predicted molar refractivity (Wildman–Crippen MR) is 144 cm³/mol. The van der Waals surface area contributed by atoms with Gasteiger partial charge in [-0.2, -0.15) is 0 Å². The molecule has 0 saturated heterocycles. The monoisotopic (exact) mass is 546 g/mol. The molecule has 5 rings (SSSR count). The molecule has 3 aromatic carbocycles. The number of carbonyl (C=O) groups is 2. The zero-order chi connectivity index (χ0) is 26.5. The molecule has 0 fully saturated rings. The van der Waals surface area contributed by atoms with E-state index in [4.69, 9.17) is 13.8 Å². The number of ether oxygens (including phenoxy) is 1. The number of thiazole rings is 1. The van der Waals surface area contributed by atoms with Gasteiger partial charge in [-0.1, -0.05) is 78.9 Å². The number of ketones is 1. The van der Waals surface area contributed by atoms with Gasteiger partial charge in [0.1, 0.15) is 0 Å². The van der Waals surface area contributed by atoms with E-state index in [-0.39, 0.29) is 29.5 Å². The second-order valence-electron chi connectivity index (χ2n) is 8.25. The summed E-state index contributed by atoms with van der Waals surface area (Å²) < 4.78 is 32.5. The van der Waals surface area contributed by atoms with E-state index < -0.39 is 19.5 Å². The molecule has 0 aliphatic heterocycles. The maximum absolute atomic E-state index is 14.4. The molecule has 192 valence electrons. The summed E-state index contributed by atoms with van der Waals surface area (Å²) in [5, 5.41) is 2.13. The van der Waals surface area contributed by atoms with Crippen molar-refractivity contribution in [3.63, 3.8) is 0 Å². The van der Waals surface area contributed by atoms with E-state index in [1.807, 2.05) is 60.7 Å². The highest BCUT2D eigenvalue weighted by Gasteiger charge is 2.32. The third-order valence-electron chi connectivity index (χ3n) is 5.77. The Balaban J connectivity index is 1.55. The van der Waals surface area contributed by atoms with Gasteiger partial charge in [0.05, 0.1) is 31.4 Å². The van der Waals surface area contributed by atoms with Crippen LogP contribution in [0, 0.1) is 0 Å². The Morgan fingerprint density at radius 2 is 1.45 bits per heavy atom. The summed E-state index contributed by atoms with van der Waals surface area (Å²) in [4.78, 5) is 29.5. The molecular weight excluding hydrogens is 523 g/mol. The quantitative estimate of drug-likeness (QED) is 0.112. The van der Waals surface area contributed by atoms with Gasteiger partial charge in [-0.15, -0.1) is 11.3 Å². The van der Waals surface area contributed by atoms with Gasteiger partial charge in [0.25, 0.3) is 0 Å². The Morgan fingerprint density at radius 3 is 2.05 bits per heavy atom. The van der Waals surface area contributed by atoms with Crippen molar-refractivity contribution in [1.82, 2.24) is 9.32 Å². The Labute approximate surface area is 223 Å². The van der Waals surface area contributed by atoms with Crippen LogP contribution in [0.1, 0.15) is 37.0 Å². The van der Waals surface area contributed by atoms with Crippen molar-refractivity contribution in [2.24, 2.45) is 0 Å². The predicted octanol–water partition coefficient (Wildman–Crippen LogP) is 6.51. The van der Waals surface area contributed by atoms with E-state index in [0.29, 0.717) is 10.9 Å². The lowest BCUT2D eigenvalue weighted by Gasteiger charge is -2.20. The number of hydrogen-bond acceptors (Lipinski definition) is 8. The molecule has 2 heterocycles. The molecule has 38 heavy (non-hydrogen) atoms. The topological polar surface area (TPSA) is 96.7 Å². The zero-order valence-corrected chi connectivity index (χ0v) is 22.1. The Morgan fingerprint density at radius 1 is 0.868 bits per heavy atom. The van der Waals surface area contributed by atoms with Crippen LogP contribution >= 0.6 is 19.1 Å². The van der Waals surface area contributed by atoms with Gasteiger partial charge in [0.15, 0.2) is 10.7 Å². The number of nitrogens with zero attached hydrogens (tertiary/aromatic N) is 2. The normalized spacial score (nSPS) is 11.5. The number of hydrogen-bond donors (Lipinski definition) is 0. The van der Waals surface area contributed by atoms with Crippen LogP contribution in [0.15, 0.2) is 96.5 Å². The highest BCUT2D eigenvalue weighted by Crippen LogP contribution is 2.53. The van der Waals surface area contributed by atoms with Gasteiger partial charge < -0.3 is 4.74 Å². The SMILES string of the molecule is COC(=O)c1csc(C(=O)c2cn(P(=O)(OCc3ccccc3)OCc3ccccc3)c3ccccc23)n1. The average Bonchev–Trinajstić information content (AvgIpc) is 3.62. The molecule has 8 nitrogen and oxygen atoms in total. The van der Waals surface area contributed by atoms with Crippen LogP contribution in [0.4, 0.5) is 0 Å². The number of methoxy groups -OCH3 is 1. The van der Waals surface area contributed by atoms with Crippen LogP contribution < -0.4 is 0 Å². The average molecular weight is 547 g/mol. The molecule has 0 spiro atoms. The molecule has 5 aromatic rings. The van der Waals surface area contributed by atoms with Crippen molar-refractivity contribution in [3.05, 3.63) is 124 Å². The van der Waals surface area contributed by atoms with Gasteiger partial charge in [-0.3, -0.25) is 18.2 Å². The molecule has 0 amide bonds. The fraction of sp³-hybridized carbons (Fsp3) is 0.107. The third kappa shape index (κ3) is 5.37. The van der Waals surface area contributed by atoms with Crippen LogP contribution in [0.3, 0.4) is 0 Å². The summed E-state index contributed by atoms with van der Waals surface area (Å²) in [6, 6.07) is 25.8. The van der Waals surface area contributed by atoms with E-state index in [9.17, 15) is 14.2 Å². The van der Waals surface area contributed by atoms with Crippen LogP contribution in [0.2, 0.25) is 0 Å². The molecule has 0 aliphatic rings. The highest BCUT2D eigenvalue weighted by molar-refractivity contribution is 7.52. The summed E-state index contributed by atoms with van der Waals surface area (Å²) in [6.45, 7) is 0.0787. The summed E-state index contributed by atoms with van der Waals surface area (Å²) in [6.07, 6.45) is 1.48. The van der Waals surface area contributed by atoms with E-state index in [1.54, 1.807) is 24.3 Å². The fourth-order valence-electron chi connectivity index (χ4n) is 3.86. The lowest BCUT2D eigenvalue weighted by molar-refractivity contribution is 0.0595. The van der Waals surface area contributed by atoms with Crippen LogP contribution in [0.5, 0.6) is 0 Å². The van der Waals surface area contributed by atoms with Gasteiger partial charge >= 0.3 is 13.7 Å². The molecule has 0 saturated carbocycles. The minimum Gasteiger partial charge on any atom is -0.464 e. The van der Waals surface area contributed by atoms with Crippen molar-refractivity contribution in [1.29, 1.82) is 0 Å². The maximum Gasteiger partial charge on any atom is 0.440 e. The summed E-state index contributed by atoms with van der Waals surface area (Å²) >= 11 is 1.03. The summed E-state index contributed by atoms with van der Waals surface area (Å²) in [5.74, 6) is -1.05. The van der Waals surface area contributed by atoms with Gasteiger partial charge in [0.2, 0.25) is 5.78 Å². The number of rotatable bonds is 10. The molecule has 0 radical (unpaired) electrons. The first-order valence-corrected chi connectivity index (χ1v) is 14.0. The van der Waals surface area contributed by atoms with Crippen LogP contribution in [-0.4, -0.2) is 28.2 Å². The van der Waals surface area contributed by atoms with Crippen molar-refractivity contribution in [2.75, 3.05) is 7.11 Å². The zero-order valence-electron chi connectivity index (χ0n) is 20.4. The Bertz CT molecular complexity index is 1580. The van der Waals surface area contributed by atoms with E-state index in [0.717, 1.165) is 22.5 Å². The van der Waals surface area contributed by atoms with E-state index in [1.165, 1.54) is 23.0 Å². The lowest BCUT2D eigenvalue weighted by atomic mass is 10.1. The van der Waals surface area contributed by atoms with Gasteiger partial charge in [-0.05, 0) is 17.2 Å². The molecule has 10 heteroatoms. The van der Waals surface area contributed by atoms with Crippen LogP contribution in [-0.2, 0) is 31.6 Å². The summed E-state index contributed by atoms with van der Waals surface area (Å²) in [5.41, 5.74) is 2.46. The minimum absolute atomic E-state index is 0.0393. The number of fused-ring (bicyclic) bond motifs is 1. The van der Waals surface area contributed by atoms with Gasteiger partial charge in [-0.25, -0.2) is 14.3 Å². The van der Waals surface area contributed by atoms with E-state index >= 15 is 0 Å². The molecule has 0 aliphatic carbocycles. The standard InChI is InChI=1S/C28H23N2O6PS/c1-34-28(32)24-19-38-27(29-24)26(31)23-16-30(25-15-9-8-14-22(23)25)37(33,35-17-20-10-4-2-5-11-20)36-18-21-12-6-3-7-13-21/h2-16,19H,17-18H2,1H3. The first kappa shape index (κ1) is 25.8. The number of para-hydroxylation sites is 1. The smallest absolute Gasteiger partial charge is 0.440 e. The molecule has 0 unspecified atom stereocenters. The summed E-state index contributed by atoms with van der Waals surface area (Å²) in [7, 11) is -2.75. The number of benzene rings is 3. The number of esters is 1. The van der Waals surface area contributed by atoms with Crippen molar-refractivity contribution in [2.45, 2.75) is 13.2 Å². The second kappa shape index (κ2) is 11.2. The van der Waals surface area contributed by atoms with E-state index in [2.05, 4.69) is 4.98 Å². The van der Waals surface area contributed by atoms with Gasteiger partial charge in [0, 0.05) is 17.0 Å². The first-order valence-electron chi connectivity index (χ1n) is 11.6. The molecule has 2 aromatic heterocycles. The largest absolute Gasteiger partial charge is 0.464 e.